The quantitative estimate of drug-likeness (QED) is 0.814. The fourth-order valence-corrected chi connectivity index (χ4v) is 3.08. The summed E-state index contributed by atoms with van der Waals surface area (Å²) in [6.45, 7) is 6.77. The average Bonchev–Trinajstić information content (AvgIpc) is 2.95. The number of halogens is 1. The molecular weight excluding hydrogens is 252 g/mol. The third-order valence-electron chi connectivity index (χ3n) is 4.66. The first kappa shape index (κ1) is 15.7. The Morgan fingerprint density at radius 3 is 2.56 bits per heavy atom. The lowest BCUT2D eigenvalue weighted by Crippen LogP contribution is -2.43. The summed E-state index contributed by atoms with van der Waals surface area (Å²) in [5.41, 5.74) is 0.340. The van der Waals surface area contributed by atoms with Crippen LogP contribution in [0.25, 0.3) is 0 Å². The number of aliphatic hydroxyl groups is 1. The molecule has 2 fully saturated rings. The van der Waals surface area contributed by atoms with E-state index in [0.717, 1.165) is 32.4 Å². The van der Waals surface area contributed by atoms with Crippen molar-refractivity contribution < 1.29 is 9.90 Å². The fourth-order valence-electron chi connectivity index (χ4n) is 3.08. The number of carbonyl (C=O) groups excluding carboxylic acids is 1. The predicted octanol–water partition coefficient (Wildman–Crippen LogP) is 1.17. The minimum Gasteiger partial charge on any atom is -0.392 e. The second kappa shape index (κ2) is 6.22. The topological polar surface area (TPSA) is 52.6 Å². The molecule has 0 spiro atoms. The van der Waals surface area contributed by atoms with Gasteiger partial charge in [-0.2, -0.15) is 0 Å². The van der Waals surface area contributed by atoms with Crippen molar-refractivity contribution in [3.8, 4) is 0 Å². The molecule has 0 bridgehead atoms. The molecule has 2 saturated heterocycles. The van der Waals surface area contributed by atoms with E-state index in [-0.39, 0.29) is 30.5 Å². The van der Waals surface area contributed by atoms with E-state index in [1.807, 2.05) is 4.90 Å². The van der Waals surface area contributed by atoms with E-state index in [1.54, 1.807) is 0 Å². The van der Waals surface area contributed by atoms with E-state index in [0.29, 0.717) is 18.4 Å². The second-order valence-corrected chi connectivity index (χ2v) is 5.57. The van der Waals surface area contributed by atoms with Crippen LogP contribution in [0.1, 0.15) is 39.5 Å². The predicted molar refractivity (Wildman–Crippen MR) is 73.9 cm³/mol. The van der Waals surface area contributed by atoms with Crippen LogP contribution in [0.3, 0.4) is 0 Å². The number of hydrogen-bond donors (Lipinski definition) is 2. The zero-order chi connectivity index (χ0) is 12.5. The summed E-state index contributed by atoms with van der Waals surface area (Å²) in [6, 6.07) is -0.158. The van der Waals surface area contributed by atoms with E-state index < -0.39 is 0 Å². The summed E-state index contributed by atoms with van der Waals surface area (Å²) in [7, 11) is 0. The highest BCUT2D eigenvalue weighted by molar-refractivity contribution is 5.85. The number of β-amino-alcohol motifs (C(OH)–C–C–N with tert-alkyl or cyclic N) is 1. The number of likely N-dealkylation sites (tertiary alicyclic amines) is 1. The van der Waals surface area contributed by atoms with E-state index in [1.165, 1.54) is 0 Å². The maximum Gasteiger partial charge on any atom is 0.239 e. The van der Waals surface area contributed by atoms with Gasteiger partial charge in [-0.1, -0.05) is 13.8 Å². The molecule has 2 atom stereocenters. The van der Waals surface area contributed by atoms with Crippen LogP contribution in [0.4, 0.5) is 0 Å². The molecular formula is C13H25ClN2O2. The van der Waals surface area contributed by atoms with Crippen LogP contribution in [0, 0.1) is 5.41 Å². The summed E-state index contributed by atoms with van der Waals surface area (Å²) in [4.78, 5) is 14.3. The van der Waals surface area contributed by atoms with Crippen LogP contribution >= 0.6 is 12.4 Å². The molecule has 0 aromatic rings. The third-order valence-corrected chi connectivity index (χ3v) is 4.66. The van der Waals surface area contributed by atoms with E-state index in [9.17, 15) is 9.90 Å². The molecule has 106 valence electrons. The summed E-state index contributed by atoms with van der Waals surface area (Å²) < 4.78 is 0. The normalized spacial score (nSPS) is 30.3. The van der Waals surface area contributed by atoms with Gasteiger partial charge in [-0.15, -0.1) is 12.4 Å². The standard InChI is InChI=1S/C13H24N2O2.ClH/c1-3-13(4-2)5-6-15(9-13)12(17)11-7-10(16)8-14-11;/h10-11,14,16H,3-9H2,1-2H3;1H. The fraction of sp³-hybridized carbons (Fsp3) is 0.923. The van der Waals surface area contributed by atoms with Crippen molar-refractivity contribution in [2.45, 2.75) is 51.7 Å². The molecule has 5 heteroatoms. The van der Waals surface area contributed by atoms with Gasteiger partial charge in [0.15, 0.2) is 0 Å². The molecule has 0 saturated carbocycles. The van der Waals surface area contributed by atoms with Gasteiger partial charge >= 0.3 is 0 Å². The van der Waals surface area contributed by atoms with Crippen molar-refractivity contribution >= 4 is 18.3 Å². The highest BCUT2D eigenvalue weighted by atomic mass is 35.5. The van der Waals surface area contributed by atoms with Crippen LogP contribution in [-0.4, -0.2) is 47.7 Å². The number of carbonyl (C=O) groups is 1. The number of nitrogens with one attached hydrogen (secondary N) is 1. The molecule has 2 unspecified atom stereocenters. The molecule has 0 aromatic heterocycles. The van der Waals surface area contributed by atoms with Gasteiger partial charge in [-0.25, -0.2) is 0 Å². The van der Waals surface area contributed by atoms with Crippen molar-refractivity contribution in [1.82, 2.24) is 10.2 Å². The van der Waals surface area contributed by atoms with Crippen molar-refractivity contribution in [2.75, 3.05) is 19.6 Å². The molecule has 0 radical (unpaired) electrons. The molecule has 1 amide bonds. The molecule has 2 heterocycles. The molecule has 18 heavy (non-hydrogen) atoms. The first-order valence-corrected chi connectivity index (χ1v) is 6.80. The number of aliphatic hydroxyl groups excluding tert-OH is 1. The van der Waals surface area contributed by atoms with Crippen LogP contribution < -0.4 is 5.32 Å². The Morgan fingerprint density at radius 1 is 1.44 bits per heavy atom. The Kier molecular flexibility index (Phi) is 5.44. The lowest BCUT2D eigenvalue weighted by Gasteiger charge is -2.27. The van der Waals surface area contributed by atoms with Gasteiger partial charge in [0, 0.05) is 19.6 Å². The Morgan fingerprint density at radius 2 is 2.11 bits per heavy atom. The molecule has 2 aliphatic heterocycles. The molecule has 2 rings (SSSR count). The zero-order valence-electron chi connectivity index (χ0n) is 11.3. The Labute approximate surface area is 116 Å². The number of rotatable bonds is 3. The van der Waals surface area contributed by atoms with Gasteiger partial charge in [0.05, 0.1) is 12.1 Å². The highest BCUT2D eigenvalue weighted by Crippen LogP contribution is 2.37. The maximum absolute atomic E-state index is 12.3. The Balaban J connectivity index is 0.00000162. The third kappa shape index (κ3) is 2.98. The molecule has 2 aliphatic rings. The molecule has 4 nitrogen and oxygen atoms in total. The summed E-state index contributed by atoms with van der Waals surface area (Å²) in [5, 5.41) is 12.6. The van der Waals surface area contributed by atoms with Gasteiger partial charge in [0.2, 0.25) is 5.91 Å². The van der Waals surface area contributed by atoms with Crippen molar-refractivity contribution in [2.24, 2.45) is 5.41 Å². The summed E-state index contributed by atoms with van der Waals surface area (Å²) in [5.74, 6) is 0.185. The monoisotopic (exact) mass is 276 g/mol. The average molecular weight is 277 g/mol. The van der Waals surface area contributed by atoms with Gasteiger partial charge in [0.25, 0.3) is 0 Å². The van der Waals surface area contributed by atoms with Gasteiger partial charge in [0.1, 0.15) is 0 Å². The van der Waals surface area contributed by atoms with Gasteiger partial charge in [-0.3, -0.25) is 4.79 Å². The van der Waals surface area contributed by atoms with E-state index in [4.69, 9.17) is 0 Å². The Bertz CT molecular complexity index is 295. The largest absolute Gasteiger partial charge is 0.392 e. The first-order valence-electron chi connectivity index (χ1n) is 6.80. The summed E-state index contributed by atoms with van der Waals surface area (Å²) >= 11 is 0. The second-order valence-electron chi connectivity index (χ2n) is 5.57. The lowest BCUT2D eigenvalue weighted by atomic mass is 9.82. The van der Waals surface area contributed by atoms with Crippen LogP contribution in [-0.2, 0) is 4.79 Å². The number of nitrogens with zero attached hydrogens (tertiary/aromatic N) is 1. The van der Waals surface area contributed by atoms with Gasteiger partial charge < -0.3 is 15.3 Å². The SMILES string of the molecule is CCC1(CC)CCN(C(=O)C2CC(O)CN2)C1.Cl. The van der Waals surface area contributed by atoms with E-state index >= 15 is 0 Å². The Hall–Kier alpha value is -0.320. The highest BCUT2D eigenvalue weighted by Gasteiger charge is 2.40. The summed E-state index contributed by atoms with van der Waals surface area (Å²) in [6.07, 6.45) is 3.64. The lowest BCUT2D eigenvalue weighted by molar-refractivity contribution is -0.132. The van der Waals surface area contributed by atoms with Crippen LogP contribution in [0.2, 0.25) is 0 Å². The van der Waals surface area contributed by atoms with E-state index in [2.05, 4.69) is 19.2 Å². The minimum absolute atomic E-state index is 0. The minimum atomic E-state index is -0.353. The molecule has 0 aromatic carbocycles. The number of hydrogen-bond acceptors (Lipinski definition) is 3. The van der Waals surface area contributed by atoms with Crippen molar-refractivity contribution in [3.63, 3.8) is 0 Å². The number of amides is 1. The van der Waals surface area contributed by atoms with Crippen molar-refractivity contribution in [1.29, 1.82) is 0 Å². The van der Waals surface area contributed by atoms with Crippen LogP contribution in [0.15, 0.2) is 0 Å². The maximum atomic E-state index is 12.3. The van der Waals surface area contributed by atoms with Crippen molar-refractivity contribution in [3.05, 3.63) is 0 Å². The first-order chi connectivity index (χ1) is 8.10. The van der Waals surface area contributed by atoms with Crippen LogP contribution in [0.5, 0.6) is 0 Å². The molecule has 2 N–H and O–H groups in total. The van der Waals surface area contributed by atoms with Gasteiger partial charge in [-0.05, 0) is 31.1 Å². The molecule has 0 aliphatic carbocycles. The zero-order valence-corrected chi connectivity index (χ0v) is 12.1. The smallest absolute Gasteiger partial charge is 0.239 e.